The minimum absolute atomic E-state index is 0.0898. The monoisotopic (exact) mass is 603 g/mol. The van der Waals surface area contributed by atoms with Gasteiger partial charge in [0, 0.05) is 30.9 Å². The molecule has 1 unspecified atom stereocenters. The van der Waals surface area contributed by atoms with Crippen molar-refractivity contribution in [3.05, 3.63) is 77.0 Å². The van der Waals surface area contributed by atoms with Crippen LogP contribution >= 0.6 is 0 Å². The van der Waals surface area contributed by atoms with Gasteiger partial charge in [0.1, 0.15) is 11.6 Å². The maximum atomic E-state index is 13.1. The number of benzene rings is 2. The molecule has 2 N–H and O–H groups in total. The summed E-state index contributed by atoms with van der Waals surface area (Å²) < 4.78 is 39.3. The molecule has 0 bridgehead atoms. The minimum atomic E-state index is -4.40. The number of H-pyrrole nitrogens is 1. The Labute approximate surface area is 254 Å². The van der Waals surface area contributed by atoms with E-state index in [1.54, 1.807) is 6.20 Å². The number of alkyl halides is 3. The number of likely N-dealkylation sites (tertiary alicyclic amines) is 1. The van der Waals surface area contributed by atoms with Gasteiger partial charge in [0.05, 0.1) is 23.0 Å². The molecule has 44 heavy (non-hydrogen) atoms. The number of aliphatic carboxylic acids is 1. The van der Waals surface area contributed by atoms with Crippen LogP contribution in [-0.2, 0) is 16.4 Å². The molecule has 7 rings (SSSR count). The molecular formula is C34H36F3N5O2. The predicted octanol–water partition coefficient (Wildman–Crippen LogP) is 6.92. The number of pyridine rings is 1. The summed E-state index contributed by atoms with van der Waals surface area (Å²) in [6, 6.07) is 14.6. The molecule has 0 amide bonds. The lowest BCUT2D eigenvalue weighted by Gasteiger charge is -2.46. The van der Waals surface area contributed by atoms with Crippen molar-refractivity contribution in [1.82, 2.24) is 19.9 Å². The summed E-state index contributed by atoms with van der Waals surface area (Å²) in [7, 11) is 0. The summed E-state index contributed by atoms with van der Waals surface area (Å²) in [5.41, 5.74) is 4.77. The van der Waals surface area contributed by atoms with E-state index in [-0.39, 0.29) is 17.8 Å². The van der Waals surface area contributed by atoms with Gasteiger partial charge in [-0.25, -0.2) is 9.97 Å². The van der Waals surface area contributed by atoms with Crippen LogP contribution in [-0.4, -0.2) is 63.1 Å². The number of aromatic nitrogens is 3. The number of anilines is 1. The molecule has 230 valence electrons. The molecule has 4 aromatic rings. The predicted molar refractivity (Wildman–Crippen MR) is 163 cm³/mol. The van der Waals surface area contributed by atoms with Gasteiger partial charge in [-0.3, -0.25) is 4.79 Å². The van der Waals surface area contributed by atoms with Gasteiger partial charge in [0.2, 0.25) is 0 Å². The number of halogens is 3. The summed E-state index contributed by atoms with van der Waals surface area (Å²) in [5.74, 6) is 0.771. The Morgan fingerprint density at radius 3 is 2.50 bits per heavy atom. The van der Waals surface area contributed by atoms with Crippen LogP contribution in [0.4, 0.5) is 19.0 Å². The third-order valence-electron chi connectivity index (χ3n) is 10.2. The first kappa shape index (κ1) is 28.8. The first-order valence-corrected chi connectivity index (χ1v) is 15.4. The zero-order valence-corrected chi connectivity index (χ0v) is 24.7. The fraction of sp³-hybridized carbons (Fsp3) is 0.441. The zero-order valence-electron chi connectivity index (χ0n) is 24.7. The van der Waals surface area contributed by atoms with Crippen molar-refractivity contribution in [3.63, 3.8) is 0 Å². The molecular weight excluding hydrogens is 567 g/mol. The maximum Gasteiger partial charge on any atom is 0.416 e. The fourth-order valence-electron chi connectivity index (χ4n) is 7.87. The second kappa shape index (κ2) is 10.9. The number of piperidine rings is 2. The molecule has 10 heteroatoms. The van der Waals surface area contributed by atoms with Crippen molar-refractivity contribution in [2.75, 3.05) is 31.1 Å². The van der Waals surface area contributed by atoms with Crippen LogP contribution in [0.1, 0.15) is 66.7 Å². The van der Waals surface area contributed by atoms with E-state index in [2.05, 4.69) is 49.9 Å². The van der Waals surface area contributed by atoms with Crippen LogP contribution in [0.5, 0.6) is 0 Å². The minimum Gasteiger partial charge on any atom is -0.481 e. The van der Waals surface area contributed by atoms with Crippen molar-refractivity contribution in [1.29, 1.82) is 0 Å². The van der Waals surface area contributed by atoms with Gasteiger partial charge in [0.15, 0.2) is 0 Å². The summed E-state index contributed by atoms with van der Waals surface area (Å²) in [6.45, 7) is 5.97. The van der Waals surface area contributed by atoms with Gasteiger partial charge in [0.25, 0.3) is 0 Å². The molecule has 0 radical (unpaired) electrons. The van der Waals surface area contributed by atoms with Crippen molar-refractivity contribution in [3.8, 4) is 11.4 Å². The van der Waals surface area contributed by atoms with Gasteiger partial charge >= 0.3 is 12.1 Å². The van der Waals surface area contributed by atoms with Crippen molar-refractivity contribution in [2.24, 2.45) is 0 Å². The molecule has 1 atom stereocenters. The number of hydrogen-bond donors (Lipinski definition) is 2. The lowest BCUT2D eigenvalue weighted by atomic mass is 9.72. The van der Waals surface area contributed by atoms with Gasteiger partial charge < -0.3 is 19.9 Å². The third kappa shape index (κ3) is 5.33. The van der Waals surface area contributed by atoms with Crippen LogP contribution in [0, 0.1) is 6.92 Å². The van der Waals surface area contributed by atoms with E-state index in [1.807, 2.05) is 12.1 Å². The Hall–Kier alpha value is -3.92. The van der Waals surface area contributed by atoms with E-state index >= 15 is 0 Å². The number of nitrogens with one attached hydrogen (secondary N) is 1. The number of carboxylic acid groups (broad SMARTS) is 1. The first-order chi connectivity index (χ1) is 21.1. The largest absolute Gasteiger partial charge is 0.481 e. The van der Waals surface area contributed by atoms with Crippen LogP contribution in [0.3, 0.4) is 0 Å². The average Bonchev–Trinajstić information content (AvgIpc) is 3.56. The van der Waals surface area contributed by atoms with Gasteiger partial charge in [-0.15, -0.1) is 0 Å². The number of carboxylic acids is 1. The molecule has 2 saturated heterocycles. The van der Waals surface area contributed by atoms with E-state index in [1.165, 1.54) is 22.8 Å². The molecule has 3 aliphatic rings. The Balaban J connectivity index is 0.965. The Morgan fingerprint density at radius 2 is 1.82 bits per heavy atom. The van der Waals surface area contributed by atoms with Crippen molar-refractivity contribution >= 4 is 22.8 Å². The van der Waals surface area contributed by atoms with Crippen LogP contribution in [0.15, 0.2) is 54.7 Å². The van der Waals surface area contributed by atoms with E-state index in [4.69, 9.17) is 0 Å². The first-order valence-electron chi connectivity index (χ1n) is 15.4. The fourth-order valence-corrected chi connectivity index (χ4v) is 7.87. The smallest absolute Gasteiger partial charge is 0.416 e. The number of aromatic amines is 1. The summed E-state index contributed by atoms with van der Waals surface area (Å²) in [6.07, 6.45) is 2.72. The normalized spacial score (nSPS) is 20.8. The lowest BCUT2D eigenvalue weighted by Crippen LogP contribution is -2.50. The Kier molecular flexibility index (Phi) is 7.15. The molecule has 2 aliphatic heterocycles. The topological polar surface area (TPSA) is 85.4 Å². The quantitative estimate of drug-likeness (QED) is 0.258. The summed E-state index contributed by atoms with van der Waals surface area (Å²) >= 11 is 0. The molecule has 7 nitrogen and oxygen atoms in total. The van der Waals surface area contributed by atoms with E-state index < -0.39 is 17.7 Å². The second-order valence-corrected chi connectivity index (χ2v) is 12.8. The highest BCUT2D eigenvalue weighted by atomic mass is 19.4. The molecule has 2 aromatic heterocycles. The summed E-state index contributed by atoms with van der Waals surface area (Å²) in [4.78, 5) is 28.7. The van der Waals surface area contributed by atoms with E-state index in [0.717, 1.165) is 81.8 Å². The van der Waals surface area contributed by atoms with E-state index in [0.29, 0.717) is 22.9 Å². The molecule has 2 fully saturated rings. The number of fused-ring (bicyclic) bond motifs is 3. The number of rotatable bonds is 5. The molecule has 4 heterocycles. The van der Waals surface area contributed by atoms with Crippen molar-refractivity contribution < 1.29 is 23.1 Å². The third-order valence-corrected chi connectivity index (χ3v) is 10.2. The molecule has 1 spiro atoms. The summed E-state index contributed by atoms with van der Waals surface area (Å²) in [5, 5.41) is 9.54. The molecule has 1 aliphatic carbocycles. The van der Waals surface area contributed by atoms with E-state index in [9.17, 15) is 23.1 Å². The average molecular weight is 604 g/mol. The van der Waals surface area contributed by atoms with Crippen molar-refractivity contribution in [2.45, 2.75) is 69.0 Å². The van der Waals surface area contributed by atoms with Crippen LogP contribution in [0.25, 0.3) is 22.4 Å². The number of imidazole rings is 1. The highest BCUT2D eigenvalue weighted by Crippen LogP contribution is 2.53. The highest BCUT2D eigenvalue weighted by Gasteiger charge is 2.46. The lowest BCUT2D eigenvalue weighted by molar-refractivity contribution is -0.138. The van der Waals surface area contributed by atoms with Gasteiger partial charge in [-0.1, -0.05) is 23.8 Å². The zero-order chi connectivity index (χ0) is 30.6. The Bertz CT molecular complexity index is 1680. The maximum absolute atomic E-state index is 13.1. The standard InChI is InChI=1S/C34H36F3N5O2/c1-21-2-5-27-26(16-21)23(17-31(43)44)19-33(27)10-14-41(15-11-33)25-8-12-42(13-9-25)30-7-3-22(20-38-30)32-39-28-6-4-24(34(35,36)37)18-29(28)40-32/h2-7,16,18,20,23,25H,8-15,17,19H2,1H3,(H,39,40)(H,43,44). The Morgan fingerprint density at radius 1 is 1.05 bits per heavy atom. The van der Waals surface area contributed by atoms with Gasteiger partial charge in [-0.2, -0.15) is 13.2 Å². The molecule has 0 saturated carbocycles. The number of aryl methyl sites for hydroxylation is 1. The number of carbonyl (C=O) groups is 1. The highest BCUT2D eigenvalue weighted by molar-refractivity contribution is 5.80. The number of hydrogen-bond acceptors (Lipinski definition) is 5. The SMILES string of the molecule is Cc1ccc2c(c1)C(CC(=O)O)CC21CCN(C2CCN(c3ccc(-c4nc5ccc(C(F)(F)F)cc5[nH]4)cn3)CC2)CC1. The van der Waals surface area contributed by atoms with Crippen LogP contribution in [0.2, 0.25) is 0 Å². The van der Waals surface area contributed by atoms with Gasteiger partial charge in [-0.05, 0) is 105 Å². The van der Waals surface area contributed by atoms with Crippen LogP contribution < -0.4 is 4.90 Å². The second-order valence-electron chi connectivity index (χ2n) is 12.8. The molecule has 2 aromatic carbocycles. The number of nitrogens with zero attached hydrogens (tertiary/aromatic N) is 4.